The zero-order chi connectivity index (χ0) is 59.0. The van der Waals surface area contributed by atoms with Gasteiger partial charge in [-0.2, -0.15) is 0 Å². The van der Waals surface area contributed by atoms with E-state index in [0.29, 0.717) is 62.9 Å². The molecule has 3 aromatic carbocycles. The van der Waals surface area contributed by atoms with E-state index in [-0.39, 0.29) is 100 Å². The SMILES string of the molecule is CC=C(C(=O)OC1Cc2c3c(c4oc(CO)cc(=O)c4c2O)C2C4=CCNC(N)=C4C(C4CCC5=CC(NCC)NC=C5CC4C1(C)O3)C1(CCCC1)Cc1ccc(O)cc1C2CO)C1(O)CC2CC1CC1CC(CCO)C(O)c3cccc2c31. The third kappa shape index (κ3) is 8.64. The van der Waals surface area contributed by atoms with Gasteiger partial charge in [0.2, 0.25) is 0 Å². The number of esters is 1. The van der Waals surface area contributed by atoms with Crippen molar-refractivity contribution in [2.24, 2.45) is 40.7 Å². The van der Waals surface area contributed by atoms with E-state index in [4.69, 9.17) is 19.6 Å². The number of rotatable bonds is 9. The van der Waals surface area contributed by atoms with Crippen LogP contribution in [0.2, 0.25) is 0 Å². The quantitative estimate of drug-likeness (QED) is 0.0557. The Hall–Kier alpha value is -6.40. The summed E-state index contributed by atoms with van der Waals surface area (Å²) in [5.41, 5.74) is 13.1. The second-order valence-electron chi connectivity index (χ2n) is 26.9. The Balaban J connectivity index is 0.997. The molecule has 85 heavy (non-hydrogen) atoms. The molecule has 16 nitrogen and oxygen atoms in total. The van der Waals surface area contributed by atoms with Crippen molar-refractivity contribution in [2.45, 2.75) is 171 Å². The van der Waals surface area contributed by atoms with Crippen LogP contribution in [0.3, 0.4) is 0 Å². The zero-order valence-electron chi connectivity index (χ0n) is 49.0. The number of aromatic hydroxyl groups is 2. The summed E-state index contributed by atoms with van der Waals surface area (Å²) in [5, 5.41) is 93.5. The van der Waals surface area contributed by atoms with Gasteiger partial charge in [0, 0.05) is 60.7 Å². The molecule has 4 aromatic rings. The van der Waals surface area contributed by atoms with Gasteiger partial charge >= 0.3 is 5.97 Å². The average molecular weight is 1160 g/mol. The van der Waals surface area contributed by atoms with Crippen LogP contribution in [0.1, 0.15) is 172 Å². The Morgan fingerprint density at radius 2 is 1.79 bits per heavy atom. The highest BCUT2D eigenvalue weighted by Crippen LogP contribution is 2.67. The minimum absolute atomic E-state index is 0.00761. The number of benzene rings is 3. The minimum Gasteiger partial charge on any atom is -0.508 e. The lowest BCUT2D eigenvalue weighted by Gasteiger charge is -2.55. The number of nitrogens with two attached hydrogens (primary N) is 1. The zero-order valence-corrected chi connectivity index (χ0v) is 49.0. The van der Waals surface area contributed by atoms with Crippen molar-refractivity contribution in [3.8, 4) is 17.2 Å². The maximum Gasteiger partial charge on any atom is 0.337 e. The second kappa shape index (κ2) is 21.2. The van der Waals surface area contributed by atoms with Gasteiger partial charge < -0.3 is 66.0 Å². The van der Waals surface area contributed by atoms with E-state index in [1.165, 1.54) is 11.6 Å². The molecule has 450 valence electrons. The fourth-order valence-electron chi connectivity index (χ4n) is 19.3. The Labute approximate surface area is 495 Å². The number of phenolic OH excluding ortho intramolecular Hbond substituents is 2. The van der Waals surface area contributed by atoms with Gasteiger partial charge in [0.05, 0.1) is 30.1 Å². The molecule has 0 amide bonds. The largest absolute Gasteiger partial charge is 0.508 e. The van der Waals surface area contributed by atoms with Crippen LogP contribution in [-0.2, 0) is 29.0 Å². The Morgan fingerprint density at radius 3 is 2.55 bits per heavy atom. The lowest BCUT2D eigenvalue weighted by molar-refractivity contribution is -0.173. The van der Waals surface area contributed by atoms with Crippen molar-refractivity contribution in [2.75, 3.05) is 26.3 Å². The van der Waals surface area contributed by atoms with Crippen LogP contribution in [0.15, 0.2) is 110 Å². The predicted octanol–water partition coefficient (Wildman–Crippen LogP) is 8.17. The number of hydrogen-bond acceptors (Lipinski definition) is 16. The monoisotopic (exact) mass is 1160 g/mol. The summed E-state index contributed by atoms with van der Waals surface area (Å²) in [6, 6.07) is 12.7. The molecule has 14 unspecified atom stereocenters. The van der Waals surface area contributed by atoms with E-state index in [1.54, 1.807) is 25.1 Å². The number of carbonyl (C=O) groups excluding carboxylic acids is 1. The van der Waals surface area contributed by atoms with Gasteiger partial charge in [0.15, 0.2) is 5.43 Å². The highest BCUT2D eigenvalue weighted by atomic mass is 16.6. The smallest absolute Gasteiger partial charge is 0.337 e. The number of phenols is 2. The van der Waals surface area contributed by atoms with E-state index in [1.807, 2.05) is 25.1 Å². The summed E-state index contributed by atoms with van der Waals surface area (Å²) >= 11 is 0. The summed E-state index contributed by atoms with van der Waals surface area (Å²) in [6.45, 7) is 5.90. The molecule has 5 heterocycles. The van der Waals surface area contributed by atoms with Crippen LogP contribution in [0.5, 0.6) is 17.2 Å². The van der Waals surface area contributed by atoms with Gasteiger partial charge in [-0.05, 0) is 200 Å². The van der Waals surface area contributed by atoms with Crippen molar-refractivity contribution in [1.82, 2.24) is 16.0 Å². The van der Waals surface area contributed by atoms with Crippen LogP contribution < -0.4 is 31.8 Å². The maximum absolute atomic E-state index is 16.0. The number of aliphatic hydroxyl groups excluding tert-OH is 4. The second-order valence-corrected chi connectivity index (χ2v) is 26.9. The fourth-order valence-corrected chi connectivity index (χ4v) is 19.3. The first kappa shape index (κ1) is 56.4. The minimum atomic E-state index is -1.61. The van der Waals surface area contributed by atoms with E-state index in [2.05, 4.69) is 47.3 Å². The number of aliphatic hydroxyl groups is 5. The maximum atomic E-state index is 16.0. The third-order valence-corrected chi connectivity index (χ3v) is 22.9. The molecule has 6 aliphatic carbocycles. The highest BCUT2D eigenvalue weighted by Gasteiger charge is 2.62. The molecular formula is C69H82N4O12. The Kier molecular flexibility index (Phi) is 14.1. The molecule has 14 rings (SSSR count). The molecule has 1 aromatic heterocycles. The Bertz CT molecular complexity index is 3630. The molecule has 1 spiro atoms. The summed E-state index contributed by atoms with van der Waals surface area (Å²) in [5.74, 6) is -3.65. The number of allylic oxidation sites excluding steroid dienone is 5. The molecule has 0 radical (unpaired) electrons. The number of dihydropyridines is 2. The van der Waals surface area contributed by atoms with Crippen LogP contribution in [0.25, 0.3) is 11.0 Å². The molecule has 14 atom stereocenters. The van der Waals surface area contributed by atoms with Crippen LogP contribution in [0.4, 0.5) is 0 Å². The standard InChI is InChI=1S/C69H82N4O12/c1-4-50(69(82)30-38-23-40(69)22-37-21-35(16-20-74)61(79)46-10-8-9-43(38)55(37)46)66(81)84-53-28-48-62(80)58-52(78)27-42(32-75)83-64(58)59-56-45-15-19-72-65(70)57(45)60(68(17-6-7-18-68)29-36-11-13-41(77)26-47(36)49(56)33-76)44-14-12-34-25-54(71-5-2)73-31-39(34)24-51(44)67(53,3)85-63(48)59/h4,8-11,13,15,25-27,31,35,37-38,40,44,49,51,53-54,56,60-61,71-77,79-80,82H,5-7,12,14,16-24,28-30,32-33,70H2,1-3H3. The van der Waals surface area contributed by atoms with E-state index in [0.717, 1.165) is 83.2 Å². The predicted molar refractivity (Wildman–Crippen MR) is 319 cm³/mol. The van der Waals surface area contributed by atoms with Gasteiger partial charge in [-0.25, -0.2) is 4.79 Å². The summed E-state index contributed by atoms with van der Waals surface area (Å²) in [6.07, 6.45) is 14.9. The summed E-state index contributed by atoms with van der Waals surface area (Å²) in [7, 11) is 0. The first-order valence-electron chi connectivity index (χ1n) is 31.5. The van der Waals surface area contributed by atoms with Gasteiger partial charge in [0.1, 0.15) is 58.1 Å². The molecule has 3 saturated carbocycles. The lowest BCUT2D eigenvalue weighted by atomic mass is 9.54. The van der Waals surface area contributed by atoms with Gasteiger partial charge in [-0.15, -0.1) is 0 Å². The highest BCUT2D eigenvalue weighted by molar-refractivity contribution is 5.93. The van der Waals surface area contributed by atoms with Crippen molar-refractivity contribution in [3.05, 3.63) is 156 Å². The molecule has 12 N–H and O–H groups in total. The summed E-state index contributed by atoms with van der Waals surface area (Å²) in [4.78, 5) is 30.8. The van der Waals surface area contributed by atoms with Crippen molar-refractivity contribution < 1.29 is 54.4 Å². The van der Waals surface area contributed by atoms with E-state index in [9.17, 15) is 40.5 Å². The third-order valence-electron chi connectivity index (χ3n) is 22.9. The first-order valence-corrected chi connectivity index (χ1v) is 31.5. The molecular weight excluding hydrogens is 1080 g/mol. The molecule has 0 saturated heterocycles. The molecule has 10 aliphatic rings. The van der Waals surface area contributed by atoms with Crippen molar-refractivity contribution >= 4 is 16.9 Å². The molecule has 16 heteroatoms. The van der Waals surface area contributed by atoms with E-state index < -0.39 is 76.9 Å². The van der Waals surface area contributed by atoms with Crippen LogP contribution in [0, 0.1) is 35.0 Å². The van der Waals surface area contributed by atoms with Crippen LogP contribution >= 0.6 is 0 Å². The van der Waals surface area contributed by atoms with Crippen molar-refractivity contribution in [3.63, 3.8) is 0 Å². The topological polar surface area (TPSA) is 269 Å². The van der Waals surface area contributed by atoms with Gasteiger partial charge in [0.25, 0.3) is 0 Å². The fraction of sp³-hybridized carbons (Fsp3) is 0.536. The van der Waals surface area contributed by atoms with Crippen LogP contribution in [-0.4, -0.2) is 91.5 Å². The first-order chi connectivity index (χ1) is 41.1. The Morgan fingerprint density at radius 1 is 0.988 bits per heavy atom. The van der Waals surface area contributed by atoms with Crippen molar-refractivity contribution in [1.29, 1.82) is 0 Å². The molecule has 4 aliphatic heterocycles. The number of carbonyl (C=O) groups is 1. The average Bonchev–Trinajstić information content (AvgIpc) is 1.99. The number of ether oxygens (including phenoxy) is 2. The normalized spacial score (nSPS) is 34.0. The van der Waals surface area contributed by atoms with Gasteiger partial charge in [-0.1, -0.05) is 56.2 Å². The van der Waals surface area contributed by atoms with E-state index >= 15 is 4.79 Å². The van der Waals surface area contributed by atoms with Gasteiger partial charge in [-0.3, -0.25) is 10.1 Å². The number of likely N-dealkylation sites (N-methyl/N-ethyl adjacent to an activating group) is 1. The number of fused-ring (bicyclic) bond motifs is 13. The molecule has 6 bridgehead atoms. The lowest BCUT2D eigenvalue weighted by Crippen LogP contribution is -2.60. The molecule has 3 fully saturated rings. The number of nitrogens with one attached hydrogen (secondary N) is 3. The number of hydrogen-bond donors (Lipinski definition) is 11. The summed E-state index contributed by atoms with van der Waals surface area (Å²) < 4.78 is 21.9.